The minimum Gasteiger partial charge on any atom is -0.507 e. The van der Waals surface area contributed by atoms with Gasteiger partial charge in [0.15, 0.2) is 0 Å². The number of nitrogens with zero attached hydrogens (tertiary/aromatic N) is 1. The maximum absolute atomic E-state index is 12.6. The van der Waals surface area contributed by atoms with Crippen molar-refractivity contribution in [2.75, 3.05) is 13.2 Å². The fourth-order valence-corrected chi connectivity index (χ4v) is 3.94. The van der Waals surface area contributed by atoms with E-state index in [0.717, 1.165) is 0 Å². The van der Waals surface area contributed by atoms with E-state index in [1.807, 2.05) is 13.8 Å². The smallest absolute Gasteiger partial charge is 0.247 e. The van der Waals surface area contributed by atoms with E-state index >= 15 is 0 Å². The van der Waals surface area contributed by atoms with Gasteiger partial charge in [-0.15, -0.1) is 0 Å². The van der Waals surface area contributed by atoms with Gasteiger partial charge >= 0.3 is 0 Å². The molecule has 1 rings (SSSR count). The molecule has 0 aromatic heterocycles. The lowest BCUT2D eigenvalue weighted by Crippen LogP contribution is -2.41. The zero-order chi connectivity index (χ0) is 14.5. The number of phenols is 1. The molecular weight excluding hydrogens is 266 g/mol. The van der Waals surface area contributed by atoms with Gasteiger partial charge in [-0.25, -0.2) is 8.42 Å². The molecular formula is C13H21NO4S. The van der Waals surface area contributed by atoms with Gasteiger partial charge < -0.3 is 10.2 Å². The van der Waals surface area contributed by atoms with Gasteiger partial charge in [-0.05, 0) is 25.0 Å². The van der Waals surface area contributed by atoms with Crippen LogP contribution in [0.2, 0.25) is 0 Å². The molecule has 6 heteroatoms. The summed E-state index contributed by atoms with van der Waals surface area (Å²) in [5.41, 5.74) is 0. The lowest BCUT2D eigenvalue weighted by atomic mass is 10.2. The number of para-hydroxylation sites is 1. The lowest BCUT2D eigenvalue weighted by molar-refractivity contribution is 0.219. The number of sulfonamides is 1. The Morgan fingerprint density at radius 2 is 1.79 bits per heavy atom. The molecule has 0 amide bonds. The van der Waals surface area contributed by atoms with E-state index in [-0.39, 0.29) is 29.8 Å². The van der Waals surface area contributed by atoms with E-state index < -0.39 is 10.0 Å². The summed E-state index contributed by atoms with van der Waals surface area (Å²) in [5.74, 6) is -0.267. The molecule has 0 aliphatic rings. The Bertz CT molecular complexity index is 497. The molecule has 0 saturated carbocycles. The van der Waals surface area contributed by atoms with Gasteiger partial charge in [-0.3, -0.25) is 0 Å². The second-order valence-electron chi connectivity index (χ2n) is 4.28. The van der Waals surface area contributed by atoms with Crippen molar-refractivity contribution in [2.45, 2.75) is 37.6 Å². The minimum absolute atomic E-state index is 0.0308. The van der Waals surface area contributed by atoms with Crippen molar-refractivity contribution in [2.24, 2.45) is 0 Å². The molecule has 0 aliphatic heterocycles. The maximum Gasteiger partial charge on any atom is 0.247 e. The third-order valence-electron chi connectivity index (χ3n) is 3.12. The minimum atomic E-state index is -3.79. The molecule has 2 N–H and O–H groups in total. The van der Waals surface area contributed by atoms with Crippen molar-refractivity contribution in [1.82, 2.24) is 4.31 Å². The molecule has 0 heterocycles. The van der Waals surface area contributed by atoms with Gasteiger partial charge in [0.2, 0.25) is 10.0 Å². The largest absolute Gasteiger partial charge is 0.507 e. The van der Waals surface area contributed by atoms with E-state index in [1.165, 1.54) is 16.4 Å². The molecule has 0 atom stereocenters. The van der Waals surface area contributed by atoms with Crippen LogP contribution in [-0.4, -0.2) is 42.1 Å². The molecule has 5 nitrogen and oxygen atoms in total. The normalized spacial score (nSPS) is 12.3. The number of aromatic hydroxyl groups is 1. The second-order valence-corrected chi connectivity index (χ2v) is 6.14. The number of phenolic OH excluding ortho intramolecular Hbond substituents is 1. The van der Waals surface area contributed by atoms with Gasteiger partial charge in [0.05, 0.1) is 6.61 Å². The Balaban J connectivity index is 3.24. The first-order chi connectivity index (χ1) is 8.98. The number of rotatable bonds is 7. The third kappa shape index (κ3) is 3.46. The predicted molar refractivity (Wildman–Crippen MR) is 73.5 cm³/mol. The monoisotopic (exact) mass is 287 g/mol. The van der Waals surface area contributed by atoms with Gasteiger partial charge in [0.25, 0.3) is 0 Å². The molecule has 0 bridgehead atoms. The summed E-state index contributed by atoms with van der Waals surface area (Å²) in [7, 11) is -3.79. The first kappa shape index (κ1) is 15.9. The van der Waals surface area contributed by atoms with Crippen LogP contribution in [0.1, 0.15) is 26.7 Å². The van der Waals surface area contributed by atoms with Crippen molar-refractivity contribution in [3.05, 3.63) is 24.3 Å². The molecule has 0 unspecified atom stereocenters. The van der Waals surface area contributed by atoms with Crippen molar-refractivity contribution in [3.8, 4) is 5.75 Å². The fraction of sp³-hybridized carbons (Fsp3) is 0.538. The summed E-state index contributed by atoms with van der Waals surface area (Å²) in [4.78, 5) is -0.115. The van der Waals surface area contributed by atoms with Crippen LogP contribution in [0.25, 0.3) is 0 Å². The summed E-state index contributed by atoms with van der Waals surface area (Å²) in [6.07, 6.45) is 1.31. The quantitative estimate of drug-likeness (QED) is 0.798. The molecule has 19 heavy (non-hydrogen) atoms. The number of hydrogen-bond donors (Lipinski definition) is 2. The summed E-state index contributed by atoms with van der Waals surface area (Å²) in [5, 5.41) is 18.8. The summed E-state index contributed by atoms with van der Waals surface area (Å²) in [6.45, 7) is 3.59. The highest BCUT2D eigenvalue weighted by atomic mass is 32.2. The second kappa shape index (κ2) is 6.88. The van der Waals surface area contributed by atoms with Gasteiger partial charge in [-0.2, -0.15) is 4.31 Å². The molecule has 108 valence electrons. The first-order valence-electron chi connectivity index (χ1n) is 6.39. The third-order valence-corrected chi connectivity index (χ3v) is 5.12. The van der Waals surface area contributed by atoms with Gasteiger partial charge in [-0.1, -0.05) is 26.0 Å². The average molecular weight is 287 g/mol. The Labute approximate surface area is 114 Å². The zero-order valence-electron chi connectivity index (χ0n) is 11.3. The van der Waals surface area contributed by atoms with Crippen molar-refractivity contribution in [1.29, 1.82) is 0 Å². The lowest BCUT2D eigenvalue weighted by Gasteiger charge is -2.29. The topological polar surface area (TPSA) is 77.8 Å². The summed E-state index contributed by atoms with van der Waals surface area (Å²) in [6, 6.07) is 5.67. The maximum atomic E-state index is 12.6. The van der Waals surface area contributed by atoms with Crippen molar-refractivity contribution < 1.29 is 18.6 Å². The Hall–Kier alpha value is -1.11. The number of hydrogen-bond acceptors (Lipinski definition) is 4. The summed E-state index contributed by atoms with van der Waals surface area (Å²) < 4.78 is 26.4. The van der Waals surface area contributed by atoms with Gasteiger partial charge in [0, 0.05) is 12.6 Å². The highest BCUT2D eigenvalue weighted by molar-refractivity contribution is 7.89. The SMILES string of the molecule is CCC(CC)N(CCO)S(=O)(=O)c1ccccc1O. The van der Waals surface area contributed by atoms with Crippen LogP contribution < -0.4 is 0 Å². The van der Waals surface area contributed by atoms with Crippen LogP contribution >= 0.6 is 0 Å². The average Bonchev–Trinajstić information content (AvgIpc) is 2.39. The first-order valence-corrected chi connectivity index (χ1v) is 7.83. The van der Waals surface area contributed by atoms with Crippen molar-refractivity contribution >= 4 is 10.0 Å². The standard InChI is InChI=1S/C13H21NO4S/c1-3-11(4-2)14(9-10-15)19(17,18)13-8-6-5-7-12(13)16/h5-8,11,15-16H,3-4,9-10H2,1-2H3. The number of aliphatic hydroxyl groups is 1. The summed E-state index contributed by atoms with van der Waals surface area (Å²) >= 11 is 0. The molecule has 0 spiro atoms. The molecule has 0 radical (unpaired) electrons. The van der Waals surface area contributed by atoms with E-state index in [0.29, 0.717) is 12.8 Å². The Morgan fingerprint density at radius 3 is 2.26 bits per heavy atom. The van der Waals surface area contributed by atoms with Crippen LogP contribution in [0.4, 0.5) is 0 Å². The molecule has 0 fully saturated rings. The molecule has 1 aromatic rings. The molecule has 0 saturated heterocycles. The van der Waals surface area contributed by atoms with Crippen molar-refractivity contribution in [3.63, 3.8) is 0 Å². The highest BCUT2D eigenvalue weighted by Gasteiger charge is 2.31. The van der Waals surface area contributed by atoms with E-state index in [1.54, 1.807) is 12.1 Å². The van der Waals surface area contributed by atoms with Crippen LogP contribution in [0.15, 0.2) is 29.2 Å². The number of benzene rings is 1. The van der Waals surface area contributed by atoms with E-state index in [4.69, 9.17) is 5.11 Å². The van der Waals surface area contributed by atoms with Crippen LogP contribution in [0.3, 0.4) is 0 Å². The van der Waals surface area contributed by atoms with E-state index in [2.05, 4.69) is 0 Å². The molecule has 1 aromatic carbocycles. The van der Waals surface area contributed by atoms with Crippen LogP contribution in [0, 0.1) is 0 Å². The fourth-order valence-electron chi connectivity index (χ4n) is 2.10. The highest BCUT2D eigenvalue weighted by Crippen LogP contribution is 2.27. The Kier molecular flexibility index (Phi) is 5.78. The van der Waals surface area contributed by atoms with E-state index in [9.17, 15) is 13.5 Å². The predicted octanol–water partition coefficient (Wildman–Crippen LogP) is 1.56. The van der Waals surface area contributed by atoms with Gasteiger partial charge in [0.1, 0.15) is 10.6 Å². The Morgan fingerprint density at radius 1 is 1.21 bits per heavy atom. The number of aliphatic hydroxyl groups excluding tert-OH is 1. The van der Waals surface area contributed by atoms with Crippen LogP contribution in [0.5, 0.6) is 5.75 Å². The molecule has 0 aliphatic carbocycles. The zero-order valence-corrected chi connectivity index (χ0v) is 12.1. The van der Waals surface area contributed by atoms with Crippen LogP contribution in [-0.2, 0) is 10.0 Å².